The number of benzene rings is 1. The quantitative estimate of drug-likeness (QED) is 0.854. The van der Waals surface area contributed by atoms with E-state index in [1.807, 2.05) is 0 Å². The molecule has 1 aromatic carbocycles. The summed E-state index contributed by atoms with van der Waals surface area (Å²) >= 11 is 0. The van der Waals surface area contributed by atoms with Crippen LogP contribution in [0.1, 0.15) is 24.4 Å². The van der Waals surface area contributed by atoms with Gasteiger partial charge in [0.2, 0.25) is 0 Å². The van der Waals surface area contributed by atoms with Gasteiger partial charge in [-0.25, -0.2) is 8.78 Å². The fourth-order valence-corrected chi connectivity index (χ4v) is 2.09. The van der Waals surface area contributed by atoms with Gasteiger partial charge in [0.15, 0.2) is 11.6 Å². The summed E-state index contributed by atoms with van der Waals surface area (Å²) in [6.07, 6.45) is 2.40. The maximum atomic E-state index is 13.0. The maximum Gasteiger partial charge on any atom is 0.159 e. The number of hydrogen-bond donors (Lipinski definition) is 1. The van der Waals surface area contributed by atoms with Gasteiger partial charge in [-0.15, -0.1) is 0 Å². The van der Waals surface area contributed by atoms with Crippen molar-refractivity contribution in [3.63, 3.8) is 0 Å². The van der Waals surface area contributed by atoms with Gasteiger partial charge in [0.05, 0.1) is 0 Å². The molecule has 2 rings (SSSR count). The molecule has 0 aliphatic carbocycles. The Morgan fingerprint density at radius 2 is 1.88 bits per heavy atom. The topological polar surface area (TPSA) is 29.3 Å². The highest BCUT2D eigenvalue weighted by atomic mass is 19.2. The number of nitrogens with two attached hydrogens (primary N) is 1. The lowest BCUT2D eigenvalue weighted by Gasteiger charge is -2.20. The van der Waals surface area contributed by atoms with Crippen molar-refractivity contribution in [2.45, 2.75) is 18.9 Å². The summed E-state index contributed by atoms with van der Waals surface area (Å²) in [5.74, 6) is -1.65. The van der Waals surface area contributed by atoms with E-state index < -0.39 is 11.6 Å². The van der Waals surface area contributed by atoms with Gasteiger partial charge in [0.25, 0.3) is 0 Å². The molecule has 0 amide bonds. The minimum absolute atomic E-state index is 0.242. The number of likely N-dealkylation sites (tertiary alicyclic amines) is 1. The molecule has 1 fully saturated rings. The molecule has 88 valence electrons. The number of nitrogens with zero attached hydrogens (tertiary/aromatic N) is 1. The SMILES string of the molecule is NC(CN1CCCC1)c1ccc(F)c(F)c1. The second kappa shape index (κ2) is 4.89. The van der Waals surface area contributed by atoms with Crippen molar-refractivity contribution >= 4 is 0 Å². The molecule has 0 radical (unpaired) electrons. The summed E-state index contributed by atoms with van der Waals surface area (Å²) < 4.78 is 25.7. The minimum atomic E-state index is -0.825. The lowest BCUT2D eigenvalue weighted by Crippen LogP contribution is -2.29. The largest absolute Gasteiger partial charge is 0.323 e. The lowest BCUT2D eigenvalue weighted by molar-refractivity contribution is 0.315. The van der Waals surface area contributed by atoms with Crippen LogP contribution in [-0.4, -0.2) is 24.5 Å². The van der Waals surface area contributed by atoms with Crippen molar-refractivity contribution in [1.29, 1.82) is 0 Å². The molecule has 1 aliphatic rings. The highest BCUT2D eigenvalue weighted by molar-refractivity contribution is 5.21. The predicted molar refractivity (Wildman–Crippen MR) is 59.0 cm³/mol. The van der Waals surface area contributed by atoms with E-state index in [9.17, 15) is 8.78 Å². The Hall–Kier alpha value is -1.00. The highest BCUT2D eigenvalue weighted by Gasteiger charge is 2.16. The Morgan fingerprint density at radius 3 is 2.50 bits per heavy atom. The van der Waals surface area contributed by atoms with E-state index >= 15 is 0 Å². The third-order valence-electron chi connectivity index (χ3n) is 3.03. The average Bonchev–Trinajstić information content (AvgIpc) is 2.74. The maximum absolute atomic E-state index is 13.0. The second-order valence-corrected chi connectivity index (χ2v) is 4.29. The standard InChI is InChI=1S/C12H16F2N2/c13-10-4-3-9(7-11(10)14)12(15)8-16-5-1-2-6-16/h3-4,7,12H,1-2,5-6,8,15H2. The molecule has 2 N–H and O–H groups in total. The third kappa shape index (κ3) is 2.57. The summed E-state index contributed by atoms with van der Waals surface area (Å²) in [6.45, 7) is 2.82. The van der Waals surface area contributed by atoms with Crippen molar-refractivity contribution in [2.24, 2.45) is 5.73 Å². The van der Waals surface area contributed by atoms with E-state index in [0.29, 0.717) is 12.1 Å². The lowest BCUT2D eigenvalue weighted by atomic mass is 10.1. The molecular weight excluding hydrogens is 210 g/mol. The van der Waals surface area contributed by atoms with Gasteiger partial charge < -0.3 is 10.6 Å². The van der Waals surface area contributed by atoms with Gasteiger partial charge in [-0.3, -0.25) is 0 Å². The van der Waals surface area contributed by atoms with Gasteiger partial charge in [0, 0.05) is 12.6 Å². The minimum Gasteiger partial charge on any atom is -0.323 e. The van der Waals surface area contributed by atoms with Gasteiger partial charge >= 0.3 is 0 Å². The average molecular weight is 226 g/mol. The van der Waals surface area contributed by atoms with Crippen LogP contribution in [-0.2, 0) is 0 Å². The molecule has 1 unspecified atom stereocenters. The summed E-state index contributed by atoms with van der Waals surface area (Å²) in [7, 11) is 0. The van der Waals surface area contributed by atoms with E-state index in [-0.39, 0.29) is 6.04 Å². The Kier molecular flexibility index (Phi) is 3.51. The van der Waals surface area contributed by atoms with Crippen LogP contribution < -0.4 is 5.73 Å². The molecular formula is C12H16F2N2. The molecule has 1 aliphatic heterocycles. The van der Waals surface area contributed by atoms with Crippen LogP contribution in [0.4, 0.5) is 8.78 Å². The van der Waals surface area contributed by atoms with Gasteiger partial charge in [-0.05, 0) is 43.6 Å². The smallest absolute Gasteiger partial charge is 0.159 e. The van der Waals surface area contributed by atoms with Gasteiger partial charge in [0.1, 0.15) is 0 Å². The van der Waals surface area contributed by atoms with Crippen LogP contribution in [0.25, 0.3) is 0 Å². The van der Waals surface area contributed by atoms with Gasteiger partial charge in [-0.2, -0.15) is 0 Å². The second-order valence-electron chi connectivity index (χ2n) is 4.29. The number of halogens is 2. The molecule has 1 atom stereocenters. The summed E-state index contributed by atoms with van der Waals surface area (Å²) in [5.41, 5.74) is 6.62. The highest BCUT2D eigenvalue weighted by Crippen LogP contribution is 2.17. The summed E-state index contributed by atoms with van der Waals surface area (Å²) in [6, 6.07) is 3.64. The van der Waals surface area contributed by atoms with Crippen molar-refractivity contribution < 1.29 is 8.78 Å². The molecule has 16 heavy (non-hydrogen) atoms. The summed E-state index contributed by atoms with van der Waals surface area (Å²) in [4.78, 5) is 2.26. The number of rotatable bonds is 3. The molecule has 0 spiro atoms. The first-order chi connectivity index (χ1) is 7.66. The van der Waals surface area contributed by atoms with E-state index in [1.165, 1.54) is 18.9 Å². The zero-order valence-corrected chi connectivity index (χ0v) is 9.13. The molecule has 2 nitrogen and oxygen atoms in total. The van der Waals surface area contributed by atoms with Gasteiger partial charge in [-0.1, -0.05) is 6.07 Å². The molecule has 0 bridgehead atoms. The Bertz CT molecular complexity index is 362. The van der Waals surface area contributed by atoms with Crippen molar-refractivity contribution in [2.75, 3.05) is 19.6 Å². The van der Waals surface area contributed by atoms with Crippen LogP contribution in [0, 0.1) is 11.6 Å². The van der Waals surface area contributed by atoms with E-state index in [1.54, 1.807) is 6.07 Å². The van der Waals surface area contributed by atoms with Crippen molar-refractivity contribution in [1.82, 2.24) is 4.90 Å². The van der Waals surface area contributed by atoms with Crippen molar-refractivity contribution in [3.05, 3.63) is 35.4 Å². The first-order valence-electron chi connectivity index (χ1n) is 5.59. The normalized spacial score (nSPS) is 18.9. The Balaban J connectivity index is 2.02. The fraction of sp³-hybridized carbons (Fsp3) is 0.500. The number of hydrogen-bond acceptors (Lipinski definition) is 2. The molecule has 0 saturated carbocycles. The van der Waals surface area contributed by atoms with Crippen LogP contribution in [0.2, 0.25) is 0 Å². The fourth-order valence-electron chi connectivity index (χ4n) is 2.09. The zero-order chi connectivity index (χ0) is 11.5. The predicted octanol–water partition coefficient (Wildman–Crippen LogP) is 2.06. The zero-order valence-electron chi connectivity index (χ0n) is 9.13. The molecule has 1 heterocycles. The van der Waals surface area contributed by atoms with E-state index in [2.05, 4.69) is 4.90 Å². The van der Waals surface area contributed by atoms with Crippen LogP contribution >= 0.6 is 0 Å². The molecule has 4 heteroatoms. The van der Waals surface area contributed by atoms with Crippen LogP contribution in [0.5, 0.6) is 0 Å². The van der Waals surface area contributed by atoms with E-state index in [4.69, 9.17) is 5.73 Å². The third-order valence-corrected chi connectivity index (χ3v) is 3.03. The summed E-state index contributed by atoms with van der Waals surface area (Å²) in [5, 5.41) is 0. The molecule has 0 aromatic heterocycles. The van der Waals surface area contributed by atoms with Crippen molar-refractivity contribution in [3.8, 4) is 0 Å². The van der Waals surface area contributed by atoms with Crippen LogP contribution in [0.3, 0.4) is 0 Å². The van der Waals surface area contributed by atoms with Crippen LogP contribution in [0.15, 0.2) is 18.2 Å². The Labute approximate surface area is 94.0 Å². The van der Waals surface area contributed by atoms with E-state index in [0.717, 1.165) is 19.2 Å². The molecule has 1 aromatic rings. The molecule has 1 saturated heterocycles. The first kappa shape index (κ1) is 11.5. The first-order valence-corrected chi connectivity index (χ1v) is 5.59. The Morgan fingerprint density at radius 1 is 1.19 bits per heavy atom. The monoisotopic (exact) mass is 226 g/mol.